The lowest BCUT2D eigenvalue weighted by Gasteiger charge is -2.33. The third-order valence-corrected chi connectivity index (χ3v) is 3.13. The van der Waals surface area contributed by atoms with Crippen molar-refractivity contribution < 1.29 is 19.4 Å². The van der Waals surface area contributed by atoms with Crippen molar-refractivity contribution in [2.75, 3.05) is 20.8 Å². The normalized spacial score (nSPS) is 13.3. The monoisotopic (exact) mass is 260 g/mol. The number of ether oxygens (including phenoxy) is 1. The van der Waals surface area contributed by atoms with E-state index in [0.717, 1.165) is 0 Å². The minimum absolute atomic E-state index is 0.144. The molecule has 0 aliphatic heterocycles. The average molecular weight is 260 g/mol. The molecule has 2 amide bonds. The highest BCUT2D eigenvalue weighted by molar-refractivity contribution is 5.85. The van der Waals surface area contributed by atoms with Crippen LogP contribution in [-0.2, 0) is 9.53 Å². The van der Waals surface area contributed by atoms with Crippen LogP contribution in [0.3, 0.4) is 0 Å². The molecular weight excluding hydrogens is 236 g/mol. The summed E-state index contributed by atoms with van der Waals surface area (Å²) < 4.78 is 5.03. The van der Waals surface area contributed by atoms with Crippen LogP contribution < -0.4 is 5.32 Å². The Labute approximate surface area is 108 Å². The second kappa shape index (κ2) is 6.58. The van der Waals surface area contributed by atoms with E-state index in [0.29, 0.717) is 6.61 Å². The molecule has 0 aliphatic rings. The summed E-state index contributed by atoms with van der Waals surface area (Å²) in [5, 5.41) is 11.8. The number of aliphatic carboxylic acids is 1. The summed E-state index contributed by atoms with van der Waals surface area (Å²) in [4.78, 5) is 24.2. The first-order chi connectivity index (χ1) is 8.14. The molecule has 0 heterocycles. The predicted octanol–water partition coefficient (Wildman–Crippen LogP) is 1.16. The average Bonchev–Trinajstić information content (AvgIpc) is 2.26. The number of carbonyl (C=O) groups excluding carboxylic acids is 1. The maximum atomic E-state index is 12.0. The zero-order valence-electron chi connectivity index (χ0n) is 12.0. The number of carboxylic acids is 1. The molecule has 0 aromatic carbocycles. The standard InChI is InChI=1S/C12H24N2O4/c1-8(2)9(7-18-6)13-11(17)14(5)12(3,4)10(15)16/h8-9H,7H2,1-6H3,(H,13,17)(H,15,16). The van der Waals surface area contributed by atoms with Gasteiger partial charge in [-0.15, -0.1) is 0 Å². The quantitative estimate of drug-likeness (QED) is 0.751. The van der Waals surface area contributed by atoms with Gasteiger partial charge in [-0.05, 0) is 19.8 Å². The smallest absolute Gasteiger partial charge is 0.329 e. The van der Waals surface area contributed by atoms with Crippen molar-refractivity contribution in [2.45, 2.75) is 39.3 Å². The van der Waals surface area contributed by atoms with Crippen LogP contribution in [0.5, 0.6) is 0 Å². The zero-order valence-corrected chi connectivity index (χ0v) is 12.0. The van der Waals surface area contributed by atoms with Gasteiger partial charge in [0.1, 0.15) is 5.54 Å². The van der Waals surface area contributed by atoms with Crippen molar-refractivity contribution in [3.05, 3.63) is 0 Å². The number of methoxy groups -OCH3 is 1. The Balaban J connectivity index is 4.70. The summed E-state index contributed by atoms with van der Waals surface area (Å²) in [5.74, 6) is -0.844. The van der Waals surface area contributed by atoms with Crippen LogP contribution in [0.1, 0.15) is 27.7 Å². The van der Waals surface area contributed by atoms with Gasteiger partial charge in [0, 0.05) is 14.2 Å². The SMILES string of the molecule is COCC(NC(=O)N(C)C(C)(C)C(=O)O)C(C)C. The van der Waals surface area contributed by atoms with E-state index in [9.17, 15) is 9.59 Å². The third kappa shape index (κ3) is 4.18. The van der Waals surface area contributed by atoms with Crippen LogP contribution in [0.2, 0.25) is 0 Å². The van der Waals surface area contributed by atoms with E-state index >= 15 is 0 Å². The van der Waals surface area contributed by atoms with Gasteiger partial charge in [-0.1, -0.05) is 13.8 Å². The molecule has 106 valence electrons. The molecular formula is C12H24N2O4. The van der Waals surface area contributed by atoms with E-state index in [2.05, 4.69) is 5.32 Å². The highest BCUT2D eigenvalue weighted by Crippen LogP contribution is 2.13. The molecule has 0 aromatic rings. The number of likely N-dealkylation sites (N-methyl/N-ethyl adjacent to an activating group) is 1. The summed E-state index contributed by atoms with van der Waals surface area (Å²) in [6.45, 7) is 7.29. The minimum Gasteiger partial charge on any atom is -0.480 e. The van der Waals surface area contributed by atoms with Crippen LogP contribution in [-0.4, -0.2) is 54.4 Å². The van der Waals surface area contributed by atoms with Crippen LogP contribution >= 0.6 is 0 Å². The summed E-state index contributed by atoms with van der Waals surface area (Å²) in [5.41, 5.74) is -1.25. The highest BCUT2D eigenvalue weighted by Gasteiger charge is 2.36. The Bertz CT molecular complexity index is 302. The lowest BCUT2D eigenvalue weighted by atomic mass is 10.0. The van der Waals surface area contributed by atoms with Gasteiger partial charge in [0.2, 0.25) is 0 Å². The van der Waals surface area contributed by atoms with Crippen molar-refractivity contribution in [3.8, 4) is 0 Å². The number of amides is 2. The molecule has 1 unspecified atom stereocenters. The largest absolute Gasteiger partial charge is 0.480 e. The third-order valence-electron chi connectivity index (χ3n) is 3.13. The first-order valence-electron chi connectivity index (χ1n) is 5.91. The van der Waals surface area contributed by atoms with Crippen LogP contribution in [0.25, 0.3) is 0 Å². The number of nitrogens with one attached hydrogen (secondary N) is 1. The summed E-state index contributed by atoms with van der Waals surface area (Å²) in [7, 11) is 3.03. The van der Waals surface area contributed by atoms with Gasteiger partial charge in [-0.2, -0.15) is 0 Å². The molecule has 2 N–H and O–H groups in total. The molecule has 6 heteroatoms. The Hall–Kier alpha value is -1.30. The topological polar surface area (TPSA) is 78.9 Å². The minimum atomic E-state index is -1.25. The number of carbonyl (C=O) groups is 2. The van der Waals surface area contributed by atoms with Gasteiger partial charge in [0.25, 0.3) is 0 Å². The fraction of sp³-hybridized carbons (Fsp3) is 0.833. The maximum Gasteiger partial charge on any atom is 0.329 e. The number of hydrogen-bond donors (Lipinski definition) is 2. The van der Waals surface area contributed by atoms with Gasteiger partial charge in [-0.3, -0.25) is 0 Å². The van der Waals surface area contributed by atoms with E-state index in [1.54, 1.807) is 7.11 Å². The van der Waals surface area contributed by atoms with Crippen molar-refractivity contribution in [3.63, 3.8) is 0 Å². The molecule has 0 aliphatic carbocycles. The Morgan fingerprint density at radius 2 is 1.89 bits per heavy atom. The fourth-order valence-electron chi connectivity index (χ4n) is 1.23. The van der Waals surface area contributed by atoms with Crippen molar-refractivity contribution in [1.82, 2.24) is 10.2 Å². The van der Waals surface area contributed by atoms with Crippen LogP contribution in [0.15, 0.2) is 0 Å². The van der Waals surface area contributed by atoms with Gasteiger partial charge < -0.3 is 20.1 Å². The summed E-state index contributed by atoms with van der Waals surface area (Å²) in [6, 6.07) is -0.562. The highest BCUT2D eigenvalue weighted by atomic mass is 16.5. The molecule has 6 nitrogen and oxygen atoms in total. The predicted molar refractivity (Wildman–Crippen MR) is 68.5 cm³/mol. The molecule has 18 heavy (non-hydrogen) atoms. The van der Waals surface area contributed by atoms with Gasteiger partial charge >= 0.3 is 12.0 Å². The molecule has 0 spiro atoms. The summed E-state index contributed by atoms with van der Waals surface area (Å²) >= 11 is 0. The molecule has 0 radical (unpaired) electrons. The van der Waals surface area contributed by atoms with Gasteiger partial charge in [-0.25, -0.2) is 9.59 Å². The number of hydrogen-bond acceptors (Lipinski definition) is 3. The first kappa shape index (κ1) is 16.7. The fourth-order valence-corrected chi connectivity index (χ4v) is 1.23. The van der Waals surface area contributed by atoms with Crippen LogP contribution in [0.4, 0.5) is 4.79 Å². The van der Waals surface area contributed by atoms with E-state index in [4.69, 9.17) is 9.84 Å². The van der Waals surface area contributed by atoms with Gasteiger partial charge in [0.05, 0.1) is 12.6 Å². The van der Waals surface area contributed by atoms with Crippen molar-refractivity contribution in [1.29, 1.82) is 0 Å². The zero-order chi connectivity index (χ0) is 14.5. The van der Waals surface area contributed by atoms with Gasteiger partial charge in [0.15, 0.2) is 0 Å². The van der Waals surface area contributed by atoms with E-state index in [-0.39, 0.29) is 12.0 Å². The number of carboxylic acid groups (broad SMARTS) is 1. The lowest BCUT2D eigenvalue weighted by molar-refractivity contribution is -0.146. The van der Waals surface area contributed by atoms with Crippen molar-refractivity contribution >= 4 is 12.0 Å². The second-order valence-electron chi connectivity index (χ2n) is 5.18. The Morgan fingerprint density at radius 1 is 1.39 bits per heavy atom. The molecule has 0 aromatic heterocycles. The molecule has 1 atom stereocenters. The molecule has 0 fully saturated rings. The molecule has 0 rings (SSSR count). The van der Waals surface area contributed by atoms with E-state index in [1.807, 2.05) is 13.8 Å². The Morgan fingerprint density at radius 3 is 2.22 bits per heavy atom. The number of nitrogens with zero attached hydrogens (tertiary/aromatic N) is 1. The second-order valence-corrected chi connectivity index (χ2v) is 5.18. The number of urea groups is 1. The molecule has 0 saturated carbocycles. The molecule has 0 saturated heterocycles. The Kier molecular flexibility index (Phi) is 6.11. The number of rotatable bonds is 6. The van der Waals surface area contributed by atoms with E-state index in [1.165, 1.54) is 25.8 Å². The first-order valence-corrected chi connectivity index (χ1v) is 5.91. The van der Waals surface area contributed by atoms with E-state index < -0.39 is 17.5 Å². The summed E-state index contributed by atoms with van der Waals surface area (Å²) in [6.07, 6.45) is 0. The maximum absolute atomic E-state index is 12.0. The molecule has 0 bridgehead atoms. The van der Waals surface area contributed by atoms with Crippen LogP contribution in [0, 0.1) is 5.92 Å². The lowest BCUT2D eigenvalue weighted by Crippen LogP contribution is -2.56. The van der Waals surface area contributed by atoms with Crippen molar-refractivity contribution in [2.24, 2.45) is 5.92 Å².